The van der Waals surface area contributed by atoms with Gasteiger partial charge in [0.15, 0.2) is 0 Å². The van der Waals surface area contributed by atoms with E-state index >= 15 is 0 Å². The van der Waals surface area contributed by atoms with Gasteiger partial charge >= 0.3 is 0 Å². The predicted molar refractivity (Wildman–Crippen MR) is 73.2 cm³/mol. The van der Waals surface area contributed by atoms with Crippen molar-refractivity contribution in [1.82, 2.24) is 8.01 Å². The number of halogens is 1. The third kappa shape index (κ3) is 2.86. The van der Waals surface area contributed by atoms with Crippen LogP contribution in [0.25, 0.3) is 0 Å². The molecule has 0 N–H and O–H groups in total. The molecule has 0 radical (unpaired) electrons. The van der Waals surface area contributed by atoms with E-state index in [4.69, 9.17) is 0 Å². The molecular weight excluding hydrogens is 299 g/mol. The fourth-order valence-corrected chi connectivity index (χ4v) is 4.14. The molecule has 0 saturated carbocycles. The van der Waals surface area contributed by atoms with Crippen molar-refractivity contribution in [2.24, 2.45) is 5.41 Å². The van der Waals surface area contributed by atoms with Crippen LogP contribution in [0.5, 0.6) is 0 Å². The largest absolute Gasteiger partial charge is 0.301 e. The molecule has 2 fully saturated rings. The van der Waals surface area contributed by atoms with Crippen molar-refractivity contribution in [2.75, 3.05) is 26.2 Å². The molecule has 2 nitrogen and oxygen atoms in total. The minimum atomic E-state index is 0.671. The van der Waals surface area contributed by atoms with Crippen LogP contribution in [-0.4, -0.2) is 40.2 Å². The van der Waals surface area contributed by atoms with Gasteiger partial charge in [-0.1, -0.05) is 0 Å². The van der Waals surface area contributed by atoms with Crippen LogP contribution in [0.15, 0.2) is 0 Å². The topological polar surface area (TPSA) is 6.48 Å². The van der Waals surface area contributed by atoms with Gasteiger partial charge in [-0.3, -0.25) is 0 Å². The minimum absolute atomic E-state index is 0.671. The summed E-state index contributed by atoms with van der Waals surface area (Å²) in [5.74, 6) is 0. The van der Waals surface area contributed by atoms with Gasteiger partial charge in [0, 0.05) is 42.0 Å². The van der Waals surface area contributed by atoms with E-state index in [2.05, 4.69) is 44.7 Å². The number of nitrogens with zero attached hydrogens (tertiary/aromatic N) is 2. The fraction of sp³-hybridized carbons (Fsp3) is 1.00. The first-order valence-electron chi connectivity index (χ1n) is 6.26. The summed E-state index contributed by atoms with van der Waals surface area (Å²) in [6.07, 6.45) is 5.72. The zero-order valence-electron chi connectivity index (χ0n) is 10.0. The Morgan fingerprint density at radius 1 is 1.07 bits per heavy atom. The van der Waals surface area contributed by atoms with Crippen LogP contribution in [0.2, 0.25) is 0 Å². The van der Waals surface area contributed by atoms with Crippen molar-refractivity contribution in [3.05, 3.63) is 0 Å². The van der Waals surface area contributed by atoms with Crippen molar-refractivity contribution in [3.8, 4) is 0 Å². The first kappa shape index (κ1) is 12.1. The van der Waals surface area contributed by atoms with Gasteiger partial charge in [-0.15, -0.1) is 0 Å². The smallest absolute Gasteiger partial charge is 0.0201 e. The van der Waals surface area contributed by atoms with Gasteiger partial charge in [0.05, 0.1) is 0 Å². The van der Waals surface area contributed by atoms with Crippen molar-refractivity contribution in [3.63, 3.8) is 0 Å². The summed E-state index contributed by atoms with van der Waals surface area (Å²) < 4.78 is 2.51. The third-order valence-electron chi connectivity index (χ3n) is 4.20. The number of hydrogen-bond donors (Lipinski definition) is 0. The summed E-state index contributed by atoms with van der Waals surface area (Å²) in [7, 11) is 0. The van der Waals surface area contributed by atoms with Crippen LogP contribution in [0.3, 0.4) is 0 Å². The number of likely N-dealkylation sites (tertiary alicyclic amines) is 1. The molecule has 2 aliphatic rings. The normalized spacial score (nSPS) is 28.8. The molecule has 0 amide bonds. The Bertz CT molecular complexity index is 210. The minimum Gasteiger partial charge on any atom is -0.301 e. The quantitative estimate of drug-likeness (QED) is 0.541. The number of piperidine rings is 2. The van der Waals surface area contributed by atoms with E-state index in [-0.39, 0.29) is 0 Å². The highest BCUT2D eigenvalue weighted by Crippen LogP contribution is 2.40. The molecule has 0 unspecified atom stereocenters. The standard InChI is InChI=1S/C12H23IN2/c1-11(2)14-8-5-12(6-9-14)4-3-7-15(13)10-12/h11H,3-10H2,1-2H3. The monoisotopic (exact) mass is 322 g/mol. The van der Waals surface area contributed by atoms with E-state index in [0.29, 0.717) is 5.41 Å². The molecule has 15 heavy (non-hydrogen) atoms. The maximum atomic E-state index is 2.64. The Kier molecular flexibility index (Phi) is 3.94. The summed E-state index contributed by atoms with van der Waals surface area (Å²) >= 11 is 2.51. The van der Waals surface area contributed by atoms with Gasteiger partial charge in [0.25, 0.3) is 0 Å². The molecule has 2 saturated heterocycles. The first-order valence-corrected chi connectivity index (χ1v) is 7.23. The highest BCUT2D eigenvalue weighted by molar-refractivity contribution is 14.1. The maximum absolute atomic E-state index is 2.64. The molecule has 2 rings (SSSR count). The lowest BCUT2D eigenvalue weighted by molar-refractivity contribution is 0.0471. The first-order chi connectivity index (χ1) is 7.11. The molecule has 0 aromatic heterocycles. The predicted octanol–water partition coefficient (Wildman–Crippen LogP) is 2.92. The molecule has 2 aliphatic heterocycles. The third-order valence-corrected chi connectivity index (χ3v) is 5.03. The molecule has 88 valence electrons. The Balaban J connectivity index is 1.90. The van der Waals surface area contributed by atoms with Crippen LogP contribution in [0.4, 0.5) is 0 Å². The van der Waals surface area contributed by atoms with Crippen molar-refractivity contribution in [1.29, 1.82) is 0 Å². The Hall–Kier alpha value is 0.650. The van der Waals surface area contributed by atoms with Gasteiger partial charge in [-0.05, 0) is 58.0 Å². The van der Waals surface area contributed by atoms with E-state index in [1.165, 1.54) is 51.9 Å². The summed E-state index contributed by atoms with van der Waals surface area (Å²) in [5.41, 5.74) is 0.671. The zero-order chi connectivity index (χ0) is 10.9. The van der Waals surface area contributed by atoms with E-state index < -0.39 is 0 Å². The summed E-state index contributed by atoms with van der Waals surface area (Å²) in [6.45, 7) is 9.92. The lowest BCUT2D eigenvalue weighted by atomic mass is 9.73. The summed E-state index contributed by atoms with van der Waals surface area (Å²) in [6, 6.07) is 0.738. The lowest BCUT2D eigenvalue weighted by Gasteiger charge is -2.47. The second-order valence-electron chi connectivity index (χ2n) is 5.58. The molecule has 3 heteroatoms. The highest BCUT2D eigenvalue weighted by atomic mass is 127. The van der Waals surface area contributed by atoms with E-state index in [1.54, 1.807) is 0 Å². The van der Waals surface area contributed by atoms with Gasteiger partial charge < -0.3 is 4.90 Å². The van der Waals surface area contributed by atoms with Crippen LogP contribution in [-0.2, 0) is 0 Å². The Morgan fingerprint density at radius 2 is 1.73 bits per heavy atom. The maximum Gasteiger partial charge on any atom is 0.0201 e. The molecule has 2 heterocycles. The number of rotatable bonds is 1. The van der Waals surface area contributed by atoms with Crippen LogP contribution in [0.1, 0.15) is 39.5 Å². The van der Waals surface area contributed by atoms with Crippen LogP contribution >= 0.6 is 22.9 Å². The molecule has 0 bridgehead atoms. The highest BCUT2D eigenvalue weighted by Gasteiger charge is 2.38. The van der Waals surface area contributed by atoms with Crippen molar-refractivity contribution in [2.45, 2.75) is 45.6 Å². The van der Waals surface area contributed by atoms with Crippen LogP contribution < -0.4 is 0 Å². The SMILES string of the molecule is CC(C)N1CCC2(CCCN(I)C2)CC1. The molecule has 0 aromatic rings. The average molecular weight is 322 g/mol. The van der Waals surface area contributed by atoms with Crippen molar-refractivity contribution >= 4 is 22.9 Å². The molecular formula is C12H23IN2. The van der Waals surface area contributed by atoms with E-state index in [1.807, 2.05) is 0 Å². The van der Waals surface area contributed by atoms with Gasteiger partial charge in [0.1, 0.15) is 0 Å². The second-order valence-corrected chi connectivity index (χ2v) is 6.94. The zero-order valence-corrected chi connectivity index (χ0v) is 12.2. The molecule has 0 aliphatic carbocycles. The molecule has 1 spiro atoms. The van der Waals surface area contributed by atoms with E-state index in [9.17, 15) is 0 Å². The van der Waals surface area contributed by atoms with E-state index in [0.717, 1.165) is 6.04 Å². The summed E-state index contributed by atoms with van der Waals surface area (Å²) in [4.78, 5) is 2.64. The second kappa shape index (κ2) is 4.88. The average Bonchev–Trinajstić information content (AvgIpc) is 2.18. The molecule has 0 atom stereocenters. The summed E-state index contributed by atoms with van der Waals surface area (Å²) in [5, 5.41) is 0. The van der Waals surface area contributed by atoms with Gasteiger partial charge in [0.2, 0.25) is 0 Å². The Morgan fingerprint density at radius 3 is 2.27 bits per heavy atom. The van der Waals surface area contributed by atoms with Gasteiger partial charge in [-0.25, -0.2) is 3.11 Å². The molecule has 0 aromatic carbocycles. The van der Waals surface area contributed by atoms with Crippen molar-refractivity contribution < 1.29 is 0 Å². The van der Waals surface area contributed by atoms with Gasteiger partial charge in [-0.2, -0.15) is 0 Å². The number of hydrogen-bond acceptors (Lipinski definition) is 2. The Labute approximate surface area is 108 Å². The lowest BCUT2D eigenvalue weighted by Crippen LogP contribution is -2.48. The fourth-order valence-electron chi connectivity index (χ4n) is 3.07. The van der Waals surface area contributed by atoms with Crippen LogP contribution in [0, 0.1) is 5.41 Å².